The topological polar surface area (TPSA) is 48.9 Å². The molecule has 0 radical (unpaired) electrons. The summed E-state index contributed by atoms with van der Waals surface area (Å²) in [5.74, 6) is 0. The fourth-order valence-electron chi connectivity index (χ4n) is 3.04. The zero-order valence-electron chi connectivity index (χ0n) is 14.0. The summed E-state index contributed by atoms with van der Waals surface area (Å²) in [5.41, 5.74) is 1.95. The summed E-state index contributed by atoms with van der Waals surface area (Å²) < 4.78 is 5.77. The van der Waals surface area contributed by atoms with Crippen LogP contribution < -0.4 is 11.2 Å². The van der Waals surface area contributed by atoms with Crippen molar-refractivity contribution in [2.24, 2.45) is 14.1 Å². The number of halogens is 1. The van der Waals surface area contributed by atoms with E-state index in [1.165, 1.54) is 11.6 Å². The van der Waals surface area contributed by atoms with Gasteiger partial charge in [-0.1, -0.05) is 41.4 Å². The molecule has 0 aliphatic rings. The van der Waals surface area contributed by atoms with Crippen LogP contribution in [0.2, 0.25) is 0 Å². The first-order chi connectivity index (χ1) is 11.5. The number of aromatic nitrogens is 3. The normalized spacial score (nSPS) is 11.3. The Morgan fingerprint density at radius 3 is 2.54 bits per heavy atom. The quantitative estimate of drug-likeness (QED) is 0.687. The monoisotopic (exact) mass is 389 g/mol. The van der Waals surface area contributed by atoms with Gasteiger partial charge >= 0.3 is 5.69 Å². The Hall–Kier alpha value is -2.08. The lowest BCUT2D eigenvalue weighted by atomic mass is 10.1. The molecule has 0 unspecified atom stereocenters. The molecule has 0 amide bonds. The first kappa shape index (κ1) is 16.8. The van der Waals surface area contributed by atoms with Crippen LogP contribution in [-0.4, -0.2) is 13.7 Å². The highest BCUT2D eigenvalue weighted by Crippen LogP contribution is 2.30. The molecule has 2 aromatic heterocycles. The maximum absolute atomic E-state index is 12.8. The van der Waals surface area contributed by atoms with Gasteiger partial charge in [0.05, 0.1) is 16.6 Å². The molecule has 0 spiro atoms. The second-order valence-corrected chi connectivity index (χ2v) is 6.92. The van der Waals surface area contributed by atoms with E-state index in [0.29, 0.717) is 10.9 Å². The molecule has 0 N–H and O–H groups in total. The molecule has 0 bridgehead atoms. The van der Waals surface area contributed by atoms with Crippen LogP contribution in [-0.2, 0) is 20.6 Å². The molecule has 3 aromatic rings. The standard InChI is InChI=1S/C18H20BrN3O2/c1-4-5-9-22-11-14-15(17(23)21(3)18(24)20(14)2)16(22)12-7-6-8-13(19)10-12/h6-8,10-11H,4-5,9H2,1-3H3. The Morgan fingerprint density at radius 1 is 1.12 bits per heavy atom. The van der Waals surface area contributed by atoms with E-state index in [1.807, 2.05) is 30.5 Å². The number of aryl methyl sites for hydroxylation is 2. The second-order valence-electron chi connectivity index (χ2n) is 6.00. The van der Waals surface area contributed by atoms with E-state index in [2.05, 4.69) is 27.4 Å². The van der Waals surface area contributed by atoms with Crippen LogP contribution in [0.5, 0.6) is 0 Å². The predicted molar refractivity (Wildman–Crippen MR) is 100 cm³/mol. The van der Waals surface area contributed by atoms with Gasteiger partial charge in [-0.25, -0.2) is 4.79 Å². The molecule has 0 saturated heterocycles. The van der Waals surface area contributed by atoms with Gasteiger partial charge in [-0.05, 0) is 18.6 Å². The molecular formula is C18H20BrN3O2. The van der Waals surface area contributed by atoms with Gasteiger partial charge in [0.2, 0.25) is 0 Å². The van der Waals surface area contributed by atoms with Crippen molar-refractivity contribution in [1.29, 1.82) is 0 Å². The SMILES string of the molecule is CCCCn1cc2c(c1-c1cccc(Br)c1)c(=O)n(C)c(=O)n2C. The average molecular weight is 390 g/mol. The number of hydrogen-bond donors (Lipinski definition) is 0. The molecular weight excluding hydrogens is 370 g/mol. The molecule has 126 valence electrons. The molecule has 5 nitrogen and oxygen atoms in total. The number of hydrogen-bond acceptors (Lipinski definition) is 2. The van der Waals surface area contributed by atoms with Crippen LogP contribution in [0.4, 0.5) is 0 Å². The third-order valence-electron chi connectivity index (χ3n) is 4.36. The average Bonchev–Trinajstić information content (AvgIpc) is 2.95. The molecule has 1 aromatic carbocycles. The van der Waals surface area contributed by atoms with Crippen LogP contribution in [0.1, 0.15) is 19.8 Å². The van der Waals surface area contributed by atoms with Crippen molar-refractivity contribution < 1.29 is 0 Å². The predicted octanol–water partition coefficient (Wildman–Crippen LogP) is 3.27. The van der Waals surface area contributed by atoms with Crippen LogP contribution in [0, 0.1) is 0 Å². The van der Waals surface area contributed by atoms with Crippen LogP contribution in [0.15, 0.2) is 44.5 Å². The highest BCUT2D eigenvalue weighted by molar-refractivity contribution is 9.10. The highest BCUT2D eigenvalue weighted by Gasteiger charge is 2.19. The van der Waals surface area contributed by atoms with Gasteiger partial charge in [-0.3, -0.25) is 13.9 Å². The third kappa shape index (κ3) is 2.65. The van der Waals surface area contributed by atoms with Gasteiger partial charge in [0.15, 0.2) is 0 Å². The number of unbranched alkanes of at least 4 members (excludes halogenated alkanes) is 1. The van der Waals surface area contributed by atoms with Crippen molar-refractivity contribution in [2.75, 3.05) is 0 Å². The van der Waals surface area contributed by atoms with Gasteiger partial charge in [-0.2, -0.15) is 0 Å². The van der Waals surface area contributed by atoms with Crippen molar-refractivity contribution in [3.63, 3.8) is 0 Å². The minimum absolute atomic E-state index is 0.252. The van der Waals surface area contributed by atoms with Gasteiger partial charge in [-0.15, -0.1) is 0 Å². The summed E-state index contributed by atoms with van der Waals surface area (Å²) in [6, 6.07) is 7.90. The summed E-state index contributed by atoms with van der Waals surface area (Å²) in [7, 11) is 3.23. The van der Waals surface area contributed by atoms with E-state index < -0.39 is 0 Å². The molecule has 0 atom stereocenters. The van der Waals surface area contributed by atoms with E-state index in [0.717, 1.165) is 35.1 Å². The number of rotatable bonds is 4. The lowest BCUT2D eigenvalue weighted by molar-refractivity contribution is 0.640. The van der Waals surface area contributed by atoms with Crippen molar-refractivity contribution in [2.45, 2.75) is 26.3 Å². The zero-order chi connectivity index (χ0) is 17.4. The summed E-state index contributed by atoms with van der Waals surface area (Å²) in [4.78, 5) is 25.0. The summed E-state index contributed by atoms with van der Waals surface area (Å²) in [6.45, 7) is 2.95. The van der Waals surface area contributed by atoms with E-state index in [1.54, 1.807) is 11.6 Å². The number of fused-ring (bicyclic) bond motifs is 1. The van der Waals surface area contributed by atoms with Crippen LogP contribution in [0.3, 0.4) is 0 Å². The molecule has 0 saturated carbocycles. The Kier molecular flexibility index (Phi) is 4.49. The number of nitrogens with zero attached hydrogens (tertiary/aromatic N) is 3. The van der Waals surface area contributed by atoms with Crippen molar-refractivity contribution in [3.8, 4) is 11.3 Å². The highest BCUT2D eigenvalue weighted by atomic mass is 79.9. The maximum Gasteiger partial charge on any atom is 0.330 e. The first-order valence-corrected chi connectivity index (χ1v) is 8.79. The van der Waals surface area contributed by atoms with Crippen LogP contribution in [0.25, 0.3) is 22.2 Å². The number of benzene rings is 1. The lowest BCUT2D eigenvalue weighted by Gasteiger charge is -2.10. The van der Waals surface area contributed by atoms with Gasteiger partial charge in [0.25, 0.3) is 5.56 Å². The first-order valence-electron chi connectivity index (χ1n) is 8.00. The largest absolute Gasteiger partial charge is 0.345 e. The fourth-order valence-corrected chi connectivity index (χ4v) is 3.44. The maximum atomic E-state index is 12.8. The summed E-state index contributed by atoms with van der Waals surface area (Å²) in [6.07, 6.45) is 3.99. The molecule has 2 heterocycles. The van der Waals surface area contributed by atoms with E-state index >= 15 is 0 Å². The van der Waals surface area contributed by atoms with Gasteiger partial charge in [0.1, 0.15) is 0 Å². The molecule has 0 aliphatic heterocycles. The van der Waals surface area contributed by atoms with Gasteiger partial charge < -0.3 is 4.57 Å². The Labute approximate surface area is 148 Å². The van der Waals surface area contributed by atoms with Gasteiger partial charge in [0, 0.05) is 36.9 Å². The van der Waals surface area contributed by atoms with E-state index in [9.17, 15) is 9.59 Å². The second kappa shape index (κ2) is 6.43. The fraction of sp³-hybridized carbons (Fsp3) is 0.333. The lowest BCUT2D eigenvalue weighted by Crippen LogP contribution is -2.36. The molecule has 3 rings (SSSR count). The summed E-state index contributed by atoms with van der Waals surface area (Å²) >= 11 is 3.50. The Bertz CT molecular complexity index is 1030. The molecule has 6 heteroatoms. The molecule has 24 heavy (non-hydrogen) atoms. The van der Waals surface area contributed by atoms with E-state index in [-0.39, 0.29) is 11.2 Å². The van der Waals surface area contributed by atoms with Crippen molar-refractivity contribution >= 4 is 26.8 Å². The van der Waals surface area contributed by atoms with Crippen molar-refractivity contribution in [3.05, 3.63) is 55.8 Å². The zero-order valence-corrected chi connectivity index (χ0v) is 15.6. The Morgan fingerprint density at radius 2 is 1.88 bits per heavy atom. The van der Waals surface area contributed by atoms with Crippen molar-refractivity contribution in [1.82, 2.24) is 13.7 Å². The minimum Gasteiger partial charge on any atom is -0.345 e. The Balaban J connectivity index is 2.44. The third-order valence-corrected chi connectivity index (χ3v) is 4.86. The minimum atomic E-state index is -0.305. The van der Waals surface area contributed by atoms with E-state index in [4.69, 9.17) is 0 Å². The van der Waals surface area contributed by atoms with Crippen LogP contribution >= 0.6 is 15.9 Å². The molecule has 0 fully saturated rings. The molecule has 0 aliphatic carbocycles. The smallest absolute Gasteiger partial charge is 0.330 e. The summed E-state index contributed by atoms with van der Waals surface area (Å²) in [5, 5.41) is 0.591.